The van der Waals surface area contributed by atoms with Crippen LogP contribution in [0, 0.1) is 5.92 Å². The molecular weight excluding hydrogens is 303 g/mol. The summed E-state index contributed by atoms with van der Waals surface area (Å²) in [6.45, 7) is 5.68. The van der Waals surface area contributed by atoms with E-state index < -0.39 is 24.1 Å². The molecule has 0 aromatic heterocycles. The van der Waals surface area contributed by atoms with Crippen molar-refractivity contribution in [3.05, 3.63) is 0 Å². The number of hydrogen-bond acceptors (Lipinski definition) is 2. The molecule has 0 bridgehead atoms. The number of hydrogen-bond donors (Lipinski definition) is 0. The van der Waals surface area contributed by atoms with Gasteiger partial charge in [-0.05, 0) is 46.1 Å². The van der Waals surface area contributed by atoms with E-state index in [-0.39, 0.29) is 31.6 Å². The van der Waals surface area contributed by atoms with Crippen molar-refractivity contribution in [1.29, 1.82) is 0 Å². The van der Waals surface area contributed by atoms with Gasteiger partial charge in [0.05, 0.1) is 6.54 Å². The number of likely N-dealkylation sites (tertiary alicyclic amines) is 2. The first kappa shape index (κ1) is 17.9. The summed E-state index contributed by atoms with van der Waals surface area (Å²) in [4.78, 5) is 3.13. The Bertz CT molecular complexity index is 383. The van der Waals surface area contributed by atoms with Gasteiger partial charge in [0.2, 0.25) is 0 Å². The zero-order valence-corrected chi connectivity index (χ0v) is 13.3. The number of nitrogens with zero attached hydrogens (tertiary/aromatic N) is 2. The lowest BCUT2D eigenvalue weighted by Gasteiger charge is -2.34. The molecule has 3 atom stereocenters. The van der Waals surface area contributed by atoms with E-state index in [1.54, 1.807) is 25.7 Å². The lowest BCUT2D eigenvalue weighted by atomic mass is 9.92. The van der Waals surface area contributed by atoms with E-state index in [0.29, 0.717) is 19.4 Å². The molecule has 2 aliphatic rings. The first-order chi connectivity index (χ1) is 10.0. The maximum atomic E-state index is 13.4. The molecule has 0 spiro atoms. The van der Waals surface area contributed by atoms with Crippen molar-refractivity contribution in [2.45, 2.75) is 70.3 Å². The monoisotopic (exact) mass is 328 g/mol. The van der Waals surface area contributed by atoms with Gasteiger partial charge in [0.25, 0.3) is 5.92 Å². The molecule has 0 aromatic carbocycles. The highest BCUT2D eigenvalue weighted by atomic mass is 19.4. The number of alkyl halides is 5. The minimum atomic E-state index is -4.26. The van der Waals surface area contributed by atoms with Crippen LogP contribution in [0.1, 0.15) is 40.0 Å². The first-order valence-electron chi connectivity index (χ1n) is 7.95. The number of rotatable bonds is 4. The molecule has 22 heavy (non-hydrogen) atoms. The zero-order valence-electron chi connectivity index (χ0n) is 13.3. The van der Waals surface area contributed by atoms with E-state index >= 15 is 0 Å². The van der Waals surface area contributed by atoms with Gasteiger partial charge < -0.3 is 0 Å². The summed E-state index contributed by atoms with van der Waals surface area (Å²) in [5.74, 6) is -3.20. The fraction of sp³-hybridized carbons (Fsp3) is 1.00. The van der Waals surface area contributed by atoms with Crippen LogP contribution in [0.4, 0.5) is 22.0 Å². The predicted octanol–water partition coefficient (Wildman–Crippen LogP) is 3.77. The Morgan fingerprint density at radius 1 is 1.14 bits per heavy atom. The van der Waals surface area contributed by atoms with Crippen molar-refractivity contribution in [2.24, 2.45) is 5.92 Å². The van der Waals surface area contributed by atoms with Crippen molar-refractivity contribution >= 4 is 0 Å². The molecule has 7 heteroatoms. The van der Waals surface area contributed by atoms with Crippen LogP contribution in [0.5, 0.6) is 0 Å². The molecule has 2 saturated heterocycles. The predicted molar refractivity (Wildman–Crippen MR) is 75.0 cm³/mol. The van der Waals surface area contributed by atoms with Gasteiger partial charge in [-0.2, -0.15) is 13.2 Å². The highest BCUT2D eigenvalue weighted by Gasteiger charge is 2.52. The Hall–Kier alpha value is -0.430. The summed E-state index contributed by atoms with van der Waals surface area (Å²) in [6, 6.07) is -1.85. The van der Waals surface area contributed by atoms with Crippen molar-refractivity contribution in [2.75, 3.05) is 19.6 Å². The summed E-state index contributed by atoms with van der Waals surface area (Å²) in [7, 11) is 0. The average molecular weight is 328 g/mol. The molecule has 0 N–H and O–H groups in total. The molecule has 2 aliphatic heterocycles. The van der Waals surface area contributed by atoms with Crippen molar-refractivity contribution in [1.82, 2.24) is 9.80 Å². The van der Waals surface area contributed by atoms with Gasteiger partial charge in [0, 0.05) is 25.0 Å². The van der Waals surface area contributed by atoms with Gasteiger partial charge in [-0.1, -0.05) is 0 Å². The third kappa shape index (κ3) is 3.91. The number of halogens is 5. The minimum Gasteiger partial charge on any atom is -0.295 e. The van der Waals surface area contributed by atoms with Gasteiger partial charge in [0.1, 0.15) is 6.04 Å². The van der Waals surface area contributed by atoms with Crippen LogP contribution in [0.3, 0.4) is 0 Å². The minimum absolute atomic E-state index is 0.164. The van der Waals surface area contributed by atoms with Crippen LogP contribution in [-0.2, 0) is 0 Å². The van der Waals surface area contributed by atoms with E-state index in [9.17, 15) is 22.0 Å². The molecule has 0 amide bonds. The summed E-state index contributed by atoms with van der Waals surface area (Å²) >= 11 is 0. The first-order valence-corrected chi connectivity index (χ1v) is 7.95. The summed E-state index contributed by atoms with van der Waals surface area (Å²) in [6.07, 6.45) is -3.65. The zero-order chi connectivity index (χ0) is 16.7. The summed E-state index contributed by atoms with van der Waals surface area (Å²) in [5.41, 5.74) is 0. The van der Waals surface area contributed by atoms with Gasteiger partial charge in [-0.3, -0.25) is 9.80 Å². The Kier molecular flexibility index (Phi) is 5.07. The standard InChI is InChI=1S/C15H25F5N2/c1-10(2)22-6-4-12(13(22)15(18,19)20)8-11(3)21-7-5-14(16,17)9-21/h10-13H,4-9H2,1-3H3. The van der Waals surface area contributed by atoms with Crippen LogP contribution in [0.2, 0.25) is 0 Å². The maximum Gasteiger partial charge on any atom is 0.404 e. The topological polar surface area (TPSA) is 6.48 Å². The second-order valence-corrected chi connectivity index (χ2v) is 7.03. The van der Waals surface area contributed by atoms with E-state index in [0.717, 1.165) is 0 Å². The fourth-order valence-electron chi connectivity index (χ4n) is 3.89. The van der Waals surface area contributed by atoms with E-state index in [1.165, 1.54) is 4.90 Å². The third-order valence-electron chi connectivity index (χ3n) is 5.03. The molecular formula is C15H25F5N2. The molecule has 0 radical (unpaired) electrons. The van der Waals surface area contributed by atoms with E-state index in [4.69, 9.17) is 0 Å². The van der Waals surface area contributed by atoms with Crippen molar-refractivity contribution in [3.8, 4) is 0 Å². The van der Waals surface area contributed by atoms with Crippen molar-refractivity contribution < 1.29 is 22.0 Å². The Labute approximate surface area is 128 Å². The second-order valence-electron chi connectivity index (χ2n) is 7.03. The van der Waals surface area contributed by atoms with Gasteiger partial charge in [0.15, 0.2) is 0 Å². The summed E-state index contributed by atoms with van der Waals surface area (Å²) in [5, 5.41) is 0. The molecule has 130 valence electrons. The van der Waals surface area contributed by atoms with Gasteiger partial charge >= 0.3 is 6.18 Å². The molecule has 0 aliphatic carbocycles. The molecule has 3 unspecified atom stereocenters. The second kappa shape index (κ2) is 6.23. The highest BCUT2D eigenvalue weighted by molar-refractivity contribution is 4.95. The van der Waals surface area contributed by atoms with E-state index in [1.807, 2.05) is 0 Å². The van der Waals surface area contributed by atoms with Crippen molar-refractivity contribution in [3.63, 3.8) is 0 Å². The van der Waals surface area contributed by atoms with E-state index in [2.05, 4.69) is 0 Å². The molecule has 2 heterocycles. The Morgan fingerprint density at radius 2 is 1.77 bits per heavy atom. The van der Waals surface area contributed by atoms with Crippen LogP contribution < -0.4 is 0 Å². The molecule has 2 fully saturated rings. The normalized spacial score (nSPS) is 32.0. The lowest BCUT2D eigenvalue weighted by molar-refractivity contribution is -0.190. The Balaban J connectivity index is 2.02. The lowest BCUT2D eigenvalue weighted by Crippen LogP contribution is -2.48. The van der Waals surface area contributed by atoms with Gasteiger partial charge in [-0.15, -0.1) is 0 Å². The smallest absolute Gasteiger partial charge is 0.295 e. The molecule has 2 nitrogen and oxygen atoms in total. The summed E-state index contributed by atoms with van der Waals surface area (Å²) < 4.78 is 66.7. The Morgan fingerprint density at radius 3 is 2.23 bits per heavy atom. The SMILES string of the molecule is CC(CC1CCN(C(C)C)C1C(F)(F)F)N1CCC(F)(F)C1. The van der Waals surface area contributed by atoms with Gasteiger partial charge in [-0.25, -0.2) is 8.78 Å². The fourth-order valence-corrected chi connectivity index (χ4v) is 3.89. The largest absolute Gasteiger partial charge is 0.404 e. The molecule has 0 aromatic rings. The molecule has 2 rings (SSSR count). The molecule has 0 saturated carbocycles. The van der Waals surface area contributed by atoms with Crippen LogP contribution in [0.15, 0.2) is 0 Å². The van der Waals surface area contributed by atoms with Crippen LogP contribution in [0.25, 0.3) is 0 Å². The third-order valence-corrected chi connectivity index (χ3v) is 5.03. The average Bonchev–Trinajstić information content (AvgIpc) is 2.91. The maximum absolute atomic E-state index is 13.4. The van der Waals surface area contributed by atoms with Crippen LogP contribution >= 0.6 is 0 Å². The quantitative estimate of drug-likeness (QED) is 0.725. The van der Waals surface area contributed by atoms with Crippen LogP contribution in [-0.4, -0.2) is 59.7 Å². The highest BCUT2D eigenvalue weighted by Crippen LogP contribution is 2.41.